The molecule has 1 aliphatic rings. The van der Waals surface area contributed by atoms with Gasteiger partial charge < -0.3 is 0 Å². The zero-order chi connectivity index (χ0) is 12.6. The van der Waals surface area contributed by atoms with E-state index in [-0.39, 0.29) is 0 Å². The molecule has 0 aliphatic carbocycles. The minimum atomic E-state index is 0.591. The van der Waals surface area contributed by atoms with E-state index in [9.17, 15) is 0 Å². The molecule has 1 aromatic carbocycles. The van der Waals surface area contributed by atoms with E-state index < -0.39 is 0 Å². The molecule has 1 atom stereocenters. The normalized spacial score (nSPS) is 20.5. The summed E-state index contributed by atoms with van der Waals surface area (Å²) in [5, 5.41) is 0. The second-order valence-electron chi connectivity index (χ2n) is 5.18. The Morgan fingerprint density at radius 1 is 1.18 bits per heavy atom. The molecule has 0 N–H and O–H groups in total. The largest absolute Gasteiger partial charge is 0.229 e. The van der Waals surface area contributed by atoms with Crippen LogP contribution in [-0.4, -0.2) is 23.4 Å². The van der Waals surface area contributed by atoms with E-state index in [2.05, 4.69) is 63.6 Å². The quantitative estimate of drug-likeness (QED) is 0.647. The summed E-state index contributed by atoms with van der Waals surface area (Å²) in [6.45, 7) is 8.91. The van der Waals surface area contributed by atoms with Gasteiger partial charge in [-0.25, -0.2) is 4.58 Å². The van der Waals surface area contributed by atoms with E-state index >= 15 is 0 Å². The highest BCUT2D eigenvalue weighted by Crippen LogP contribution is 2.21. The highest BCUT2D eigenvalue weighted by molar-refractivity contribution is 6.10. The predicted octanol–water partition coefficient (Wildman–Crippen LogP) is 3.47. The number of nitrogens with zero attached hydrogens (tertiary/aromatic N) is 1. The lowest BCUT2D eigenvalue weighted by molar-refractivity contribution is -0.533. The Morgan fingerprint density at radius 2 is 1.88 bits per heavy atom. The Hall–Kier alpha value is -1.37. The lowest BCUT2D eigenvalue weighted by atomic mass is 9.92. The average Bonchev–Trinajstić information content (AvgIpc) is 2.30. The van der Waals surface area contributed by atoms with E-state index in [1.807, 2.05) is 0 Å². The molecule has 0 bridgehead atoms. The van der Waals surface area contributed by atoms with Crippen LogP contribution in [0.2, 0.25) is 0 Å². The Labute approximate surface area is 104 Å². The van der Waals surface area contributed by atoms with Gasteiger partial charge in [-0.2, -0.15) is 0 Å². The highest BCUT2D eigenvalue weighted by atomic mass is 15.0. The molecule has 0 aromatic heterocycles. The van der Waals surface area contributed by atoms with Crippen molar-refractivity contribution in [2.75, 3.05) is 7.05 Å². The van der Waals surface area contributed by atoms with Crippen LogP contribution in [0.15, 0.2) is 29.8 Å². The first-order valence-electron chi connectivity index (χ1n) is 6.36. The molecule has 1 heterocycles. The van der Waals surface area contributed by atoms with Gasteiger partial charge in [0.25, 0.3) is 0 Å². The van der Waals surface area contributed by atoms with Gasteiger partial charge >= 0.3 is 0 Å². The first kappa shape index (κ1) is 12.1. The van der Waals surface area contributed by atoms with Crippen molar-refractivity contribution in [3.8, 4) is 0 Å². The van der Waals surface area contributed by atoms with Gasteiger partial charge in [-0.3, -0.25) is 0 Å². The number of hydrogen-bond acceptors (Lipinski definition) is 0. The summed E-state index contributed by atoms with van der Waals surface area (Å²) in [5.74, 6) is 0. The first-order valence-corrected chi connectivity index (χ1v) is 6.36. The fraction of sp³-hybridized carbons (Fsp3) is 0.438. The van der Waals surface area contributed by atoms with Gasteiger partial charge in [0.2, 0.25) is 5.71 Å². The summed E-state index contributed by atoms with van der Waals surface area (Å²) in [6, 6.07) is 7.17. The number of rotatable bonds is 1. The van der Waals surface area contributed by atoms with E-state index in [0.717, 1.165) is 6.42 Å². The molecule has 0 spiro atoms. The summed E-state index contributed by atoms with van der Waals surface area (Å²) in [5.41, 5.74) is 6.95. The summed E-state index contributed by atoms with van der Waals surface area (Å²) < 4.78 is 2.41. The van der Waals surface area contributed by atoms with E-state index in [1.54, 1.807) is 0 Å². The summed E-state index contributed by atoms with van der Waals surface area (Å²) >= 11 is 0. The molecule has 2 rings (SSSR count). The molecule has 0 saturated carbocycles. The Bertz CT molecular complexity index is 506. The SMILES string of the molecule is CC1=CCC(C)[N+](C)=C1c1cccc(C)c1C. The lowest BCUT2D eigenvalue weighted by Gasteiger charge is -2.19. The van der Waals surface area contributed by atoms with Crippen LogP contribution in [0, 0.1) is 13.8 Å². The summed E-state index contributed by atoms with van der Waals surface area (Å²) in [6.07, 6.45) is 3.51. The third-order valence-corrected chi connectivity index (χ3v) is 4.01. The van der Waals surface area contributed by atoms with Crippen LogP contribution in [0.5, 0.6) is 0 Å². The maximum absolute atomic E-state index is 2.41. The second kappa shape index (κ2) is 4.48. The smallest absolute Gasteiger partial charge is 0.210 e. The number of aryl methyl sites for hydroxylation is 1. The average molecular weight is 228 g/mol. The van der Waals surface area contributed by atoms with E-state index in [0.29, 0.717) is 6.04 Å². The van der Waals surface area contributed by atoms with Gasteiger partial charge in [0, 0.05) is 17.6 Å². The molecule has 0 saturated heterocycles. The van der Waals surface area contributed by atoms with E-state index in [1.165, 1.54) is 28.0 Å². The minimum absolute atomic E-state index is 0.591. The summed E-state index contributed by atoms with van der Waals surface area (Å²) in [4.78, 5) is 0. The van der Waals surface area contributed by atoms with Crippen molar-refractivity contribution in [1.82, 2.24) is 0 Å². The fourth-order valence-corrected chi connectivity index (χ4v) is 2.51. The molecule has 90 valence electrons. The number of benzene rings is 1. The van der Waals surface area contributed by atoms with Crippen LogP contribution in [0.3, 0.4) is 0 Å². The third kappa shape index (κ3) is 2.06. The van der Waals surface area contributed by atoms with Crippen molar-refractivity contribution in [3.63, 3.8) is 0 Å². The number of hydrogen-bond donors (Lipinski definition) is 0. The zero-order valence-electron chi connectivity index (χ0n) is 11.5. The van der Waals surface area contributed by atoms with Gasteiger partial charge in [0.15, 0.2) is 6.04 Å². The Balaban J connectivity index is 2.63. The Morgan fingerprint density at radius 3 is 2.59 bits per heavy atom. The van der Waals surface area contributed by atoms with E-state index in [4.69, 9.17) is 0 Å². The maximum atomic E-state index is 2.41. The fourth-order valence-electron chi connectivity index (χ4n) is 2.51. The van der Waals surface area contributed by atoms with Gasteiger partial charge in [0.05, 0.1) is 0 Å². The lowest BCUT2D eigenvalue weighted by Crippen LogP contribution is -2.31. The second-order valence-corrected chi connectivity index (χ2v) is 5.18. The van der Waals surface area contributed by atoms with Gasteiger partial charge in [0.1, 0.15) is 7.05 Å². The van der Waals surface area contributed by atoms with Crippen molar-refractivity contribution >= 4 is 5.71 Å². The third-order valence-electron chi connectivity index (χ3n) is 4.01. The summed E-state index contributed by atoms with van der Waals surface area (Å²) in [7, 11) is 2.21. The van der Waals surface area contributed by atoms with Crippen LogP contribution in [0.4, 0.5) is 0 Å². The van der Waals surface area contributed by atoms with Crippen LogP contribution >= 0.6 is 0 Å². The molecule has 1 aliphatic heterocycles. The molecule has 1 aromatic rings. The minimum Gasteiger partial charge on any atom is -0.229 e. The molecular weight excluding hydrogens is 206 g/mol. The van der Waals surface area contributed by atoms with Gasteiger partial charge in [-0.15, -0.1) is 0 Å². The molecular formula is C16H22N+. The standard InChI is InChI=1S/C16H22N/c1-11-7-6-8-15(14(11)4)16-12(2)9-10-13(3)17(16)5/h6-9,13H,10H2,1-5H3/q+1. The zero-order valence-corrected chi connectivity index (χ0v) is 11.5. The predicted molar refractivity (Wildman–Crippen MR) is 74.0 cm³/mol. The molecule has 1 unspecified atom stereocenters. The van der Waals surface area contributed by atoms with Gasteiger partial charge in [-0.05, 0) is 44.9 Å². The molecule has 0 radical (unpaired) electrons. The first-order chi connectivity index (χ1) is 8.02. The van der Waals surface area contributed by atoms with Gasteiger partial charge in [-0.1, -0.05) is 18.2 Å². The topological polar surface area (TPSA) is 3.01 Å². The number of allylic oxidation sites excluding steroid dienone is 1. The molecule has 1 nitrogen and oxygen atoms in total. The van der Waals surface area contributed by atoms with Crippen molar-refractivity contribution in [2.45, 2.75) is 40.2 Å². The molecule has 0 fully saturated rings. The van der Waals surface area contributed by atoms with Crippen molar-refractivity contribution in [3.05, 3.63) is 46.5 Å². The van der Waals surface area contributed by atoms with Crippen molar-refractivity contribution < 1.29 is 4.58 Å². The maximum Gasteiger partial charge on any atom is 0.210 e. The highest BCUT2D eigenvalue weighted by Gasteiger charge is 2.25. The van der Waals surface area contributed by atoms with Crippen LogP contribution in [0.25, 0.3) is 0 Å². The van der Waals surface area contributed by atoms with Crippen molar-refractivity contribution in [2.24, 2.45) is 0 Å². The molecule has 0 amide bonds. The molecule has 1 heteroatoms. The monoisotopic (exact) mass is 228 g/mol. The van der Waals surface area contributed by atoms with Crippen LogP contribution in [-0.2, 0) is 0 Å². The van der Waals surface area contributed by atoms with Crippen molar-refractivity contribution in [1.29, 1.82) is 0 Å². The molecule has 17 heavy (non-hydrogen) atoms. The Kier molecular flexibility index (Phi) is 3.19. The van der Waals surface area contributed by atoms with Crippen LogP contribution in [0.1, 0.15) is 37.0 Å². The van der Waals surface area contributed by atoms with Crippen LogP contribution < -0.4 is 0 Å².